The lowest BCUT2D eigenvalue weighted by molar-refractivity contribution is 0.540. The zero-order valence-corrected chi connectivity index (χ0v) is 12.6. The van der Waals surface area contributed by atoms with Crippen LogP contribution in [-0.4, -0.2) is 19.9 Å². The van der Waals surface area contributed by atoms with Crippen LogP contribution in [0.15, 0.2) is 17.2 Å². The van der Waals surface area contributed by atoms with Gasteiger partial charge in [0.2, 0.25) is 10.0 Å². The van der Waals surface area contributed by atoms with Gasteiger partial charge in [-0.3, -0.25) is 0 Å². The SMILES string of the molecule is CC(C)CCCNS(=O)(=O)c1cnc(NN)c(Cl)c1. The largest absolute Gasteiger partial charge is 0.307 e. The molecule has 0 fully saturated rings. The van der Waals surface area contributed by atoms with Gasteiger partial charge in [-0.15, -0.1) is 0 Å². The minimum atomic E-state index is -3.57. The van der Waals surface area contributed by atoms with Crippen molar-refractivity contribution in [2.24, 2.45) is 11.8 Å². The van der Waals surface area contributed by atoms with Gasteiger partial charge in [0, 0.05) is 12.7 Å². The van der Waals surface area contributed by atoms with Crippen molar-refractivity contribution in [3.05, 3.63) is 17.3 Å². The predicted octanol–water partition coefficient (Wildman–Crippen LogP) is 1.74. The summed E-state index contributed by atoms with van der Waals surface area (Å²) in [4.78, 5) is 3.86. The molecule has 1 aromatic rings. The highest BCUT2D eigenvalue weighted by Crippen LogP contribution is 2.21. The van der Waals surface area contributed by atoms with Crippen LogP contribution < -0.4 is 16.0 Å². The molecule has 1 rings (SSSR count). The first-order valence-electron chi connectivity index (χ1n) is 5.98. The van der Waals surface area contributed by atoms with E-state index in [4.69, 9.17) is 17.4 Å². The molecule has 0 atom stereocenters. The summed E-state index contributed by atoms with van der Waals surface area (Å²) in [6.45, 7) is 4.59. The molecule has 19 heavy (non-hydrogen) atoms. The minimum absolute atomic E-state index is 0.0287. The molecular formula is C11H19ClN4O2S. The van der Waals surface area contributed by atoms with Crippen molar-refractivity contribution < 1.29 is 8.42 Å². The Balaban J connectivity index is 2.69. The van der Waals surface area contributed by atoms with Crippen molar-refractivity contribution in [2.45, 2.75) is 31.6 Å². The second-order valence-corrected chi connectivity index (χ2v) is 6.75. The molecule has 1 aromatic heterocycles. The molecular weight excluding hydrogens is 288 g/mol. The van der Waals surface area contributed by atoms with E-state index in [2.05, 4.69) is 29.0 Å². The first-order valence-corrected chi connectivity index (χ1v) is 7.84. The minimum Gasteiger partial charge on any atom is -0.307 e. The maximum atomic E-state index is 12.0. The van der Waals surface area contributed by atoms with Crippen molar-refractivity contribution in [1.82, 2.24) is 9.71 Å². The fourth-order valence-electron chi connectivity index (χ4n) is 1.47. The summed E-state index contributed by atoms with van der Waals surface area (Å²) in [6.07, 6.45) is 2.98. The van der Waals surface area contributed by atoms with Gasteiger partial charge in [0.1, 0.15) is 4.90 Å². The third kappa shape index (κ3) is 4.94. The Kier molecular flexibility index (Phi) is 5.99. The van der Waals surface area contributed by atoms with Gasteiger partial charge in [-0.25, -0.2) is 24.0 Å². The normalized spacial score (nSPS) is 11.8. The zero-order valence-electron chi connectivity index (χ0n) is 11.0. The zero-order chi connectivity index (χ0) is 14.5. The maximum absolute atomic E-state index is 12.0. The third-order valence-electron chi connectivity index (χ3n) is 2.51. The highest BCUT2D eigenvalue weighted by molar-refractivity contribution is 7.89. The fourth-order valence-corrected chi connectivity index (χ4v) is 2.80. The van der Waals surface area contributed by atoms with Gasteiger partial charge in [-0.05, 0) is 24.8 Å². The Morgan fingerprint density at radius 2 is 2.16 bits per heavy atom. The number of nitrogens with one attached hydrogen (secondary N) is 2. The Hall–Kier alpha value is -0.890. The number of hydrazine groups is 1. The van der Waals surface area contributed by atoms with Crippen LogP contribution >= 0.6 is 11.6 Å². The second-order valence-electron chi connectivity index (χ2n) is 4.58. The fraction of sp³-hybridized carbons (Fsp3) is 0.545. The molecule has 0 aliphatic carbocycles. The summed E-state index contributed by atoms with van der Waals surface area (Å²) < 4.78 is 26.5. The summed E-state index contributed by atoms with van der Waals surface area (Å²) in [6, 6.07) is 1.31. The Labute approximate surface area is 118 Å². The molecule has 1 heterocycles. The maximum Gasteiger partial charge on any atom is 0.242 e. The number of sulfonamides is 1. The number of nitrogen functional groups attached to an aromatic ring is 1. The van der Waals surface area contributed by atoms with Gasteiger partial charge in [0.15, 0.2) is 5.82 Å². The van der Waals surface area contributed by atoms with E-state index in [9.17, 15) is 8.42 Å². The number of hydrogen-bond donors (Lipinski definition) is 3. The van der Waals surface area contributed by atoms with E-state index < -0.39 is 10.0 Å². The lowest BCUT2D eigenvalue weighted by Crippen LogP contribution is -2.25. The summed E-state index contributed by atoms with van der Waals surface area (Å²) in [5.74, 6) is 5.96. The van der Waals surface area contributed by atoms with Crippen LogP contribution in [0.25, 0.3) is 0 Å². The number of rotatable bonds is 7. The molecule has 0 amide bonds. The number of nitrogens with zero attached hydrogens (tertiary/aromatic N) is 1. The van der Waals surface area contributed by atoms with E-state index in [0.29, 0.717) is 12.5 Å². The molecule has 108 valence electrons. The standard InChI is InChI=1S/C11H19ClN4O2S/c1-8(2)4-3-5-15-19(17,18)9-6-10(12)11(16-13)14-7-9/h6-8,15H,3-5,13H2,1-2H3,(H,14,16). The second kappa shape index (κ2) is 7.04. The highest BCUT2D eigenvalue weighted by atomic mass is 35.5. The molecule has 0 aliphatic heterocycles. The number of halogens is 1. The van der Waals surface area contributed by atoms with Gasteiger partial charge in [0.25, 0.3) is 0 Å². The van der Waals surface area contributed by atoms with Crippen LogP contribution in [0.4, 0.5) is 5.82 Å². The number of pyridine rings is 1. The Bertz CT molecular complexity index is 519. The molecule has 6 nitrogen and oxygen atoms in total. The Morgan fingerprint density at radius 1 is 1.47 bits per heavy atom. The third-order valence-corrected chi connectivity index (χ3v) is 4.23. The average Bonchev–Trinajstić information content (AvgIpc) is 2.34. The van der Waals surface area contributed by atoms with Gasteiger partial charge in [-0.1, -0.05) is 25.4 Å². The smallest absolute Gasteiger partial charge is 0.242 e. The molecule has 0 saturated carbocycles. The average molecular weight is 307 g/mol. The summed E-state index contributed by atoms with van der Waals surface area (Å²) in [5, 5.41) is 0.160. The van der Waals surface area contributed by atoms with Crippen LogP contribution in [0.1, 0.15) is 26.7 Å². The topological polar surface area (TPSA) is 97.1 Å². The first-order chi connectivity index (χ1) is 8.86. The van der Waals surface area contributed by atoms with E-state index in [1.54, 1.807) is 0 Å². The molecule has 0 radical (unpaired) electrons. The van der Waals surface area contributed by atoms with E-state index in [0.717, 1.165) is 12.8 Å². The van der Waals surface area contributed by atoms with E-state index >= 15 is 0 Å². The van der Waals surface area contributed by atoms with Gasteiger partial charge < -0.3 is 5.43 Å². The molecule has 0 bridgehead atoms. The van der Waals surface area contributed by atoms with Gasteiger partial charge in [0.05, 0.1) is 5.02 Å². The van der Waals surface area contributed by atoms with Gasteiger partial charge >= 0.3 is 0 Å². The van der Waals surface area contributed by atoms with E-state index in [-0.39, 0.29) is 15.7 Å². The van der Waals surface area contributed by atoms with E-state index in [1.165, 1.54) is 12.3 Å². The number of nitrogens with two attached hydrogens (primary N) is 1. The van der Waals surface area contributed by atoms with Crippen LogP contribution in [0.5, 0.6) is 0 Å². The van der Waals surface area contributed by atoms with Crippen LogP contribution in [-0.2, 0) is 10.0 Å². The molecule has 0 aliphatic rings. The monoisotopic (exact) mass is 306 g/mol. The van der Waals surface area contributed by atoms with Crippen molar-refractivity contribution in [2.75, 3.05) is 12.0 Å². The number of anilines is 1. The van der Waals surface area contributed by atoms with Crippen LogP contribution in [0, 0.1) is 5.92 Å². The Morgan fingerprint density at radius 3 is 2.68 bits per heavy atom. The summed E-state index contributed by atoms with van der Waals surface area (Å²) in [5.41, 5.74) is 2.28. The summed E-state index contributed by atoms with van der Waals surface area (Å²) in [7, 11) is -3.57. The summed E-state index contributed by atoms with van der Waals surface area (Å²) >= 11 is 5.84. The van der Waals surface area contributed by atoms with Crippen molar-refractivity contribution in [3.8, 4) is 0 Å². The molecule has 0 aromatic carbocycles. The van der Waals surface area contributed by atoms with Crippen molar-refractivity contribution >= 4 is 27.4 Å². The lowest BCUT2D eigenvalue weighted by Gasteiger charge is -2.09. The molecule has 4 N–H and O–H groups in total. The number of hydrogen-bond acceptors (Lipinski definition) is 5. The molecule has 0 saturated heterocycles. The molecule has 0 unspecified atom stereocenters. The lowest BCUT2D eigenvalue weighted by atomic mass is 10.1. The van der Waals surface area contributed by atoms with Crippen molar-refractivity contribution in [3.63, 3.8) is 0 Å². The quantitative estimate of drug-likeness (QED) is 0.405. The van der Waals surface area contributed by atoms with Crippen LogP contribution in [0.2, 0.25) is 5.02 Å². The first kappa shape index (κ1) is 16.2. The molecule has 0 spiro atoms. The van der Waals surface area contributed by atoms with Gasteiger partial charge in [-0.2, -0.15) is 0 Å². The molecule has 8 heteroatoms. The van der Waals surface area contributed by atoms with E-state index in [1.807, 2.05) is 0 Å². The highest BCUT2D eigenvalue weighted by Gasteiger charge is 2.15. The predicted molar refractivity (Wildman–Crippen MR) is 76.3 cm³/mol. The number of aromatic nitrogens is 1. The van der Waals surface area contributed by atoms with Crippen molar-refractivity contribution in [1.29, 1.82) is 0 Å². The van der Waals surface area contributed by atoms with Crippen LogP contribution in [0.3, 0.4) is 0 Å².